The Bertz CT molecular complexity index is 1640. The summed E-state index contributed by atoms with van der Waals surface area (Å²) in [4.78, 5) is 11.7. The number of carbonyl (C=O) groups excluding carboxylic acids is 1. The van der Waals surface area contributed by atoms with E-state index < -0.39 is 21.9 Å². The van der Waals surface area contributed by atoms with Crippen molar-refractivity contribution in [3.05, 3.63) is 90.9 Å². The Kier molecular flexibility index (Phi) is 4.83. The van der Waals surface area contributed by atoms with Crippen LogP contribution < -0.4 is 10.5 Å². The molecule has 4 aromatic carbocycles. The van der Waals surface area contributed by atoms with Gasteiger partial charge in [-0.2, -0.15) is 9.78 Å². The first-order valence-corrected chi connectivity index (χ1v) is 11.4. The number of aromatic nitrogens is 2. The summed E-state index contributed by atoms with van der Waals surface area (Å²) in [5.74, 6) is -0.645. The lowest BCUT2D eigenvalue weighted by Crippen LogP contribution is -2.21. The number of hydrogen-bond donors (Lipinski definition) is 2. The second-order valence-electron chi connectivity index (χ2n) is 7.42. The molecule has 0 atom stereocenters. The number of carbonyl (C=O) groups is 1. The van der Waals surface area contributed by atoms with Crippen molar-refractivity contribution in [2.24, 2.45) is 5.73 Å². The SMILES string of the molecule is NC(=O)n1ncc2ccc(-c3ccc(NS(=O)(=O)c4cccc5ccccc45)cc3)c(F)c21. The minimum Gasteiger partial charge on any atom is -0.350 e. The van der Waals surface area contributed by atoms with E-state index >= 15 is 4.39 Å². The molecule has 0 unspecified atom stereocenters. The van der Waals surface area contributed by atoms with Gasteiger partial charge in [-0.15, -0.1) is 0 Å². The topological polar surface area (TPSA) is 107 Å². The lowest BCUT2D eigenvalue weighted by Gasteiger charge is -2.12. The lowest BCUT2D eigenvalue weighted by atomic mass is 10.0. The minimum atomic E-state index is -3.85. The molecule has 5 rings (SSSR count). The van der Waals surface area contributed by atoms with Crippen LogP contribution in [0.5, 0.6) is 0 Å². The molecule has 164 valence electrons. The summed E-state index contributed by atoms with van der Waals surface area (Å²) >= 11 is 0. The molecular weight excluding hydrogens is 443 g/mol. The number of fused-ring (bicyclic) bond motifs is 2. The van der Waals surface area contributed by atoms with Gasteiger partial charge in [0, 0.05) is 22.0 Å². The van der Waals surface area contributed by atoms with Crippen LogP contribution >= 0.6 is 0 Å². The van der Waals surface area contributed by atoms with Gasteiger partial charge >= 0.3 is 6.03 Å². The van der Waals surface area contributed by atoms with E-state index in [-0.39, 0.29) is 16.0 Å². The Hall–Kier alpha value is -4.24. The summed E-state index contributed by atoms with van der Waals surface area (Å²) in [7, 11) is -3.85. The van der Waals surface area contributed by atoms with Crippen LogP contribution in [0.3, 0.4) is 0 Å². The van der Waals surface area contributed by atoms with Crippen molar-refractivity contribution >= 4 is 43.4 Å². The molecule has 33 heavy (non-hydrogen) atoms. The molecule has 0 aliphatic heterocycles. The average Bonchev–Trinajstić information content (AvgIpc) is 3.25. The molecular formula is C24H17FN4O3S. The van der Waals surface area contributed by atoms with Crippen molar-refractivity contribution < 1.29 is 17.6 Å². The van der Waals surface area contributed by atoms with E-state index in [0.717, 1.165) is 10.1 Å². The van der Waals surface area contributed by atoms with Crippen LogP contribution in [0.4, 0.5) is 14.9 Å². The molecule has 1 heterocycles. The molecule has 1 amide bonds. The summed E-state index contributed by atoms with van der Waals surface area (Å²) in [5.41, 5.74) is 6.32. The standard InChI is InChI=1S/C24H17FN4O3S/c25-22-20(13-10-17-14-27-29(23(17)22)24(26)30)16-8-11-18(12-9-16)28-33(31,32)21-7-3-5-15-4-1-2-6-19(15)21/h1-14,28H,(H2,26,30). The summed E-state index contributed by atoms with van der Waals surface area (Å²) in [6.07, 6.45) is 1.36. The summed E-state index contributed by atoms with van der Waals surface area (Å²) in [6.45, 7) is 0. The van der Waals surface area contributed by atoms with E-state index in [1.807, 2.05) is 18.2 Å². The van der Waals surface area contributed by atoms with Crippen molar-refractivity contribution in [2.45, 2.75) is 4.90 Å². The van der Waals surface area contributed by atoms with Gasteiger partial charge in [-0.3, -0.25) is 4.72 Å². The molecule has 0 bridgehead atoms. The van der Waals surface area contributed by atoms with Gasteiger partial charge in [0.1, 0.15) is 5.52 Å². The van der Waals surface area contributed by atoms with E-state index in [1.54, 1.807) is 60.7 Å². The van der Waals surface area contributed by atoms with Crippen LogP contribution in [0.1, 0.15) is 0 Å². The van der Waals surface area contributed by atoms with Gasteiger partial charge in [0.2, 0.25) is 0 Å². The number of anilines is 1. The molecule has 0 radical (unpaired) electrons. The Balaban J connectivity index is 1.49. The van der Waals surface area contributed by atoms with Crippen molar-refractivity contribution in [1.82, 2.24) is 9.78 Å². The second-order valence-corrected chi connectivity index (χ2v) is 9.07. The normalized spacial score (nSPS) is 11.7. The van der Waals surface area contributed by atoms with E-state index in [4.69, 9.17) is 5.73 Å². The number of primary amides is 1. The molecule has 0 aliphatic carbocycles. The van der Waals surface area contributed by atoms with Gasteiger partial charge < -0.3 is 5.73 Å². The zero-order valence-electron chi connectivity index (χ0n) is 17.1. The highest BCUT2D eigenvalue weighted by Crippen LogP contribution is 2.30. The van der Waals surface area contributed by atoms with Gasteiger partial charge in [-0.1, -0.05) is 60.7 Å². The van der Waals surface area contributed by atoms with Gasteiger partial charge in [0.15, 0.2) is 5.82 Å². The highest BCUT2D eigenvalue weighted by atomic mass is 32.2. The fraction of sp³-hybridized carbons (Fsp3) is 0. The molecule has 5 aromatic rings. The minimum absolute atomic E-state index is 0.0132. The number of amides is 1. The third kappa shape index (κ3) is 3.58. The Morgan fingerprint density at radius 3 is 2.39 bits per heavy atom. The number of halogens is 1. The van der Waals surface area contributed by atoms with E-state index in [0.29, 0.717) is 22.0 Å². The van der Waals surface area contributed by atoms with Crippen LogP contribution in [0.25, 0.3) is 32.8 Å². The van der Waals surface area contributed by atoms with Crippen molar-refractivity contribution in [3.8, 4) is 11.1 Å². The average molecular weight is 460 g/mol. The Morgan fingerprint density at radius 1 is 0.909 bits per heavy atom. The molecule has 0 fully saturated rings. The lowest BCUT2D eigenvalue weighted by molar-refractivity contribution is 0.248. The first-order chi connectivity index (χ1) is 15.8. The van der Waals surface area contributed by atoms with E-state index in [9.17, 15) is 13.2 Å². The van der Waals surface area contributed by atoms with Crippen molar-refractivity contribution in [2.75, 3.05) is 4.72 Å². The molecule has 1 aromatic heterocycles. The van der Waals surface area contributed by atoms with Gasteiger partial charge in [0.25, 0.3) is 10.0 Å². The summed E-state index contributed by atoms with van der Waals surface area (Å²) in [6, 6.07) is 20.9. The third-order valence-corrected chi connectivity index (χ3v) is 6.81. The smallest absolute Gasteiger partial charge is 0.340 e. The maximum atomic E-state index is 15.2. The zero-order valence-corrected chi connectivity index (χ0v) is 17.9. The highest BCUT2D eigenvalue weighted by molar-refractivity contribution is 7.93. The van der Waals surface area contributed by atoms with Crippen LogP contribution in [0.15, 0.2) is 90.0 Å². The van der Waals surface area contributed by atoms with Crippen molar-refractivity contribution in [1.29, 1.82) is 0 Å². The van der Waals surface area contributed by atoms with Crippen molar-refractivity contribution in [3.63, 3.8) is 0 Å². The first kappa shape index (κ1) is 20.7. The molecule has 0 aliphatic rings. The fourth-order valence-corrected chi connectivity index (χ4v) is 5.11. The number of rotatable bonds is 4. The van der Waals surface area contributed by atoms with Gasteiger partial charge in [-0.25, -0.2) is 17.6 Å². The Morgan fingerprint density at radius 2 is 1.64 bits per heavy atom. The highest BCUT2D eigenvalue weighted by Gasteiger charge is 2.19. The monoisotopic (exact) mass is 460 g/mol. The molecule has 7 nitrogen and oxygen atoms in total. The van der Waals surface area contributed by atoms with Crippen LogP contribution in [-0.2, 0) is 10.0 Å². The molecule has 3 N–H and O–H groups in total. The second kappa shape index (κ2) is 7.72. The molecule has 0 spiro atoms. The zero-order chi connectivity index (χ0) is 23.2. The number of benzene rings is 4. The predicted molar refractivity (Wildman–Crippen MR) is 125 cm³/mol. The van der Waals surface area contributed by atoms with E-state index in [1.165, 1.54) is 6.20 Å². The van der Waals surface area contributed by atoms with Crippen LogP contribution in [0, 0.1) is 5.82 Å². The van der Waals surface area contributed by atoms with Gasteiger partial charge in [0.05, 0.1) is 11.1 Å². The van der Waals surface area contributed by atoms with E-state index in [2.05, 4.69) is 9.82 Å². The maximum Gasteiger partial charge on any atom is 0.340 e. The Labute approximate surface area is 188 Å². The number of nitrogens with zero attached hydrogens (tertiary/aromatic N) is 2. The quantitative estimate of drug-likeness (QED) is 0.404. The first-order valence-electron chi connectivity index (χ1n) is 9.92. The number of nitrogens with two attached hydrogens (primary N) is 1. The van der Waals surface area contributed by atoms with Gasteiger partial charge in [-0.05, 0) is 29.1 Å². The number of hydrogen-bond acceptors (Lipinski definition) is 4. The summed E-state index contributed by atoms with van der Waals surface area (Å²) in [5, 5.41) is 5.69. The van der Waals surface area contributed by atoms with Crippen LogP contribution in [0.2, 0.25) is 0 Å². The third-order valence-electron chi connectivity index (χ3n) is 5.37. The largest absolute Gasteiger partial charge is 0.350 e. The molecule has 0 saturated carbocycles. The molecule has 0 saturated heterocycles. The fourth-order valence-electron chi connectivity index (χ4n) is 3.82. The number of nitrogens with one attached hydrogen (secondary N) is 1. The number of sulfonamides is 1. The maximum absolute atomic E-state index is 15.2. The van der Waals surface area contributed by atoms with Crippen LogP contribution in [-0.4, -0.2) is 24.2 Å². The predicted octanol–water partition coefficient (Wildman–Crippen LogP) is 4.72. The summed E-state index contributed by atoms with van der Waals surface area (Å²) < 4.78 is 44.6. The molecule has 9 heteroatoms.